The maximum Gasteiger partial charge on any atom is 0.171 e. The first-order chi connectivity index (χ1) is 8.70. The van der Waals surface area contributed by atoms with Crippen LogP contribution in [-0.2, 0) is 0 Å². The molecule has 18 heavy (non-hydrogen) atoms. The molecule has 0 saturated carbocycles. The Morgan fingerprint density at radius 2 is 1.50 bits per heavy atom. The maximum absolute atomic E-state index is 5.86. The number of thiocarbonyl (C=S) groups is 1. The van der Waals surface area contributed by atoms with E-state index in [0.717, 1.165) is 5.69 Å². The molecular formula is C15H16N2S. The van der Waals surface area contributed by atoms with Crippen LogP contribution in [0.3, 0.4) is 0 Å². The highest BCUT2D eigenvalue weighted by atomic mass is 32.1. The van der Waals surface area contributed by atoms with Crippen LogP contribution < -0.4 is 10.6 Å². The predicted octanol–water partition coefficient (Wildman–Crippen LogP) is 3.50. The highest BCUT2D eigenvalue weighted by molar-refractivity contribution is 7.80. The first-order valence-corrected chi connectivity index (χ1v) is 6.29. The van der Waals surface area contributed by atoms with Crippen molar-refractivity contribution >= 4 is 23.0 Å². The fraction of sp³-hybridized carbons (Fsp3) is 0.133. The van der Waals surface area contributed by atoms with Gasteiger partial charge in [-0.3, -0.25) is 0 Å². The van der Waals surface area contributed by atoms with E-state index in [1.807, 2.05) is 53.4 Å². The third kappa shape index (κ3) is 2.68. The molecule has 2 N–H and O–H groups in total. The van der Waals surface area contributed by atoms with Gasteiger partial charge in [-0.1, -0.05) is 48.5 Å². The largest absolute Gasteiger partial charge is 0.376 e. The van der Waals surface area contributed by atoms with Gasteiger partial charge in [0.15, 0.2) is 5.11 Å². The molecule has 0 heterocycles. The van der Waals surface area contributed by atoms with Crippen molar-refractivity contribution in [1.29, 1.82) is 0 Å². The van der Waals surface area contributed by atoms with Crippen LogP contribution in [0.5, 0.6) is 0 Å². The Hall–Kier alpha value is -1.87. The summed E-state index contributed by atoms with van der Waals surface area (Å²) >= 11 is 5.18. The molecule has 0 aliphatic heterocycles. The molecule has 2 aromatic rings. The summed E-state index contributed by atoms with van der Waals surface area (Å²) in [6, 6.07) is 20.3. The zero-order chi connectivity index (χ0) is 13.0. The van der Waals surface area contributed by atoms with E-state index in [1.165, 1.54) is 5.56 Å². The van der Waals surface area contributed by atoms with E-state index in [-0.39, 0.29) is 6.04 Å². The lowest BCUT2D eigenvalue weighted by molar-refractivity contribution is 0.794. The Labute approximate surface area is 113 Å². The van der Waals surface area contributed by atoms with Crippen LogP contribution in [0.2, 0.25) is 0 Å². The van der Waals surface area contributed by atoms with Crippen LogP contribution in [0.15, 0.2) is 60.7 Å². The molecule has 2 aromatic carbocycles. The van der Waals surface area contributed by atoms with E-state index in [9.17, 15) is 0 Å². The van der Waals surface area contributed by atoms with Gasteiger partial charge in [-0.25, -0.2) is 0 Å². The smallest absolute Gasteiger partial charge is 0.171 e. The lowest BCUT2D eigenvalue weighted by atomic mass is 10.1. The van der Waals surface area contributed by atoms with Crippen LogP contribution in [-0.4, -0.2) is 5.11 Å². The predicted molar refractivity (Wildman–Crippen MR) is 80.6 cm³/mol. The molecule has 0 spiro atoms. The van der Waals surface area contributed by atoms with Crippen molar-refractivity contribution < 1.29 is 0 Å². The Morgan fingerprint density at radius 1 is 1.00 bits per heavy atom. The summed E-state index contributed by atoms with van der Waals surface area (Å²) in [6.07, 6.45) is 0. The highest BCUT2D eigenvalue weighted by Crippen LogP contribution is 2.26. The van der Waals surface area contributed by atoms with Gasteiger partial charge < -0.3 is 10.6 Å². The molecule has 1 atom stereocenters. The average Bonchev–Trinajstić information content (AvgIpc) is 2.40. The summed E-state index contributed by atoms with van der Waals surface area (Å²) in [5, 5.41) is 0.387. The molecule has 0 bridgehead atoms. The number of hydrogen-bond acceptors (Lipinski definition) is 1. The fourth-order valence-electron chi connectivity index (χ4n) is 2.01. The van der Waals surface area contributed by atoms with E-state index in [1.54, 1.807) is 0 Å². The quantitative estimate of drug-likeness (QED) is 0.852. The van der Waals surface area contributed by atoms with Gasteiger partial charge in [0.1, 0.15) is 0 Å². The van der Waals surface area contributed by atoms with Gasteiger partial charge in [-0.15, -0.1) is 0 Å². The minimum absolute atomic E-state index is 0.117. The molecule has 0 saturated heterocycles. The van der Waals surface area contributed by atoms with Gasteiger partial charge in [0.2, 0.25) is 0 Å². The highest BCUT2D eigenvalue weighted by Gasteiger charge is 2.18. The number of para-hydroxylation sites is 1. The zero-order valence-electron chi connectivity index (χ0n) is 10.3. The first-order valence-electron chi connectivity index (χ1n) is 5.89. The van der Waals surface area contributed by atoms with Gasteiger partial charge >= 0.3 is 0 Å². The molecular weight excluding hydrogens is 240 g/mol. The Bertz CT molecular complexity index is 511. The number of rotatable bonds is 3. The van der Waals surface area contributed by atoms with Crippen LogP contribution in [0, 0.1) is 0 Å². The number of nitrogens with two attached hydrogens (primary N) is 1. The Morgan fingerprint density at radius 3 is 2.00 bits per heavy atom. The SMILES string of the molecule is CC(c1ccccc1)N(C(N)=S)c1ccccc1. The molecule has 2 nitrogen and oxygen atoms in total. The second-order valence-corrected chi connectivity index (χ2v) is 4.55. The normalized spacial score (nSPS) is 11.8. The third-order valence-corrected chi connectivity index (χ3v) is 3.14. The van der Waals surface area contributed by atoms with Gasteiger partial charge in [-0.2, -0.15) is 0 Å². The van der Waals surface area contributed by atoms with Crippen molar-refractivity contribution in [1.82, 2.24) is 0 Å². The van der Waals surface area contributed by atoms with Crippen LogP contribution in [0.1, 0.15) is 18.5 Å². The van der Waals surface area contributed by atoms with Crippen molar-refractivity contribution in [2.75, 3.05) is 4.90 Å². The summed E-state index contributed by atoms with van der Waals surface area (Å²) in [7, 11) is 0. The maximum atomic E-state index is 5.86. The number of nitrogens with zero attached hydrogens (tertiary/aromatic N) is 1. The van der Waals surface area contributed by atoms with Crippen molar-refractivity contribution in [2.24, 2.45) is 5.73 Å². The molecule has 0 fully saturated rings. The zero-order valence-corrected chi connectivity index (χ0v) is 11.1. The molecule has 0 aromatic heterocycles. The lowest BCUT2D eigenvalue weighted by Crippen LogP contribution is -2.37. The second kappa shape index (κ2) is 5.65. The number of benzene rings is 2. The van der Waals surface area contributed by atoms with E-state index < -0.39 is 0 Å². The molecule has 0 amide bonds. The third-order valence-electron chi connectivity index (χ3n) is 2.94. The summed E-state index contributed by atoms with van der Waals surface area (Å²) < 4.78 is 0. The van der Waals surface area contributed by atoms with E-state index in [0.29, 0.717) is 5.11 Å². The van der Waals surface area contributed by atoms with Crippen molar-refractivity contribution in [3.05, 3.63) is 66.2 Å². The van der Waals surface area contributed by atoms with Gasteiger partial charge in [0, 0.05) is 5.69 Å². The van der Waals surface area contributed by atoms with E-state index in [2.05, 4.69) is 19.1 Å². The van der Waals surface area contributed by atoms with Gasteiger partial charge in [0.05, 0.1) is 6.04 Å². The summed E-state index contributed by atoms with van der Waals surface area (Å²) in [6.45, 7) is 2.10. The van der Waals surface area contributed by atoms with Crippen molar-refractivity contribution in [2.45, 2.75) is 13.0 Å². The number of anilines is 1. The monoisotopic (exact) mass is 256 g/mol. The summed E-state index contributed by atoms with van der Waals surface area (Å²) in [5.74, 6) is 0. The molecule has 1 unspecified atom stereocenters. The molecule has 0 aliphatic carbocycles. The molecule has 3 heteroatoms. The molecule has 0 radical (unpaired) electrons. The Kier molecular flexibility index (Phi) is 3.95. The minimum Gasteiger partial charge on any atom is -0.376 e. The second-order valence-electron chi connectivity index (χ2n) is 4.13. The fourth-order valence-corrected chi connectivity index (χ4v) is 2.27. The minimum atomic E-state index is 0.117. The standard InChI is InChI=1S/C15H16N2S/c1-12(13-8-4-2-5-9-13)17(15(16)18)14-10-6-3-7-11-14/h2-12H,1H3,(H2,16,18). The van der Waals surface area contributed by atoms with E-state index in [4.69, 9.17) is 18.0 Å². The van der Waals surface area contributed by atoms with Crippen molar-refractivity contribution in [3.8, 4) is 0 Å². The van der Waals surface area contributed by atoms with Crippen molar-refractivity contribution in [3.63, 3.8) is 0 Å². The van der Waals surface area contributed by atoms with E-state index >= 15 is 0 Å². The molecule has 92 valence electrons. The first kappa shape index (κ1) is 12.6. The summed E-state index contributed by atoms with van der Waals surface area (Å²) in [5.41, 5.74) is 8.07. The molecule has 2 rings (SSSR count). The van der Waals surface area contributed by atoms with Crippen LogP contribution >= 0.6 is 12.2 Å². The van der Waals surface area contributed by atoms with Crippen LogP contribution in [0.25, 0.3) is 0 Å². The average molecular weight is 256 g/mol. The Balaban J connectivity index is 2.35. The topological polar surface area (TPSA) is 29.3 Å². The van der Waals surface area contributed by atoms with Gasteiger partial charge in [0.25, 0.3) is 0 Å². The number of hydrogen-bond donors (Lipinski definition) is 1. The molecule has 0 aliphatic rings. The van der Waals surface area contributed by atoms with Crippen LogP contribution in [0.4, 0.5) is 5.69 Å². The lowest BCUT2D eigenvalue weighted by Gasteiger charge is -2.30. The van der Waals surface area contributed by atoms with Gasteiger partial charge in [-0.05, 0) is 36.8 Å². The summed E-state index contributed by atoms with van der Waals surface area (Å²) in [4.78, 5) is 1.96.